The first-order valence-corrected chi connectivity index (χ1v) is 13.4. The zero-order chi connectivity index (χ0) is 27.0. The Kier molecular flexibility index (Phi) is 10.7. The number of thiazole rings is 1. The molecule has 1 aliphatic heterocycles. The van der Waals surface area contributed by atoms with Gasteiger partial charge in [0.2, 0.25) is 17.7 Å². The number of carbonyl (C=O) groups is 4. The van der Waals surface area contributed by atoms with Gasteiger partial charge in [0, 0.05) is 5.38 Å². The van der Waals surface area contributed by atoms with Gasteiger partial charge in [0.1, 0.15) is 23.2 Å². The summed E-state index contributed by atoms with van der Waals surface area (Å²) >= 11 is 6.07. The lowest BCUT2D eigenvalue weighted by atomic mass is 9.86. The highest BCUT2D eigenvalue weighted by atomic mass is 32.1. The number of aromatic nitrogens is 1. The molecule has 4 atom stereocenters. The van der Waals surface area contributed by atoms with Gasteiger partial charge in [-0.2, -0.15) is 0 Å². The maximum atomic E-state index is 13.3. The third kappa shape index (κ3) is 8.19. The molecule has 9 nitrogen and oxygen atoms in total. The Morgan fingerprint density at radius 1 is 1.17 bits per heavy atom. The van der Waals surface area contributed by atoms with Gasteiger partial charge >= 0.3 is 5.97 Å². The van der Waals surface area contributed by atoms with Gasteiger partial charge in [-0.15, -0.1) is 11.3 Å². The zero-order valence-corrected chi connectivity index (χ0v) is 23.3. The van der Waals surface area contributed by atoms with Crippen LogP contribution in [0.25, 0.3) is 0 Å². The van der Waals surface area contributed by atoms with Crippen molar-refractivity contribution in [1.29, 1.82) is 0 Å². The van der Waals surface area contributed by atoms with Crippen LogP contribution >= 0.6 is 23.6 Å². The van der Waals surface area contributed by atoms with Gasteiger partial charge in [-0.1, -0.05) is 59.8 Å². The number of hydrogen-bond donors (Lipinski definition) is 3. The van der Waals surface area contributed by atoms with Gasteiger partial charge in [0.15, 0.2) is 5.69 Å². The predicted octanol–water partition coefficient (Wildman–Crippen LogP) is 3.26. The molecule has 0 saturated carbocycles. The second-order valence-corrected chi connectivity index (χ2v) is 11.3. The van der Waals surface area contributed by atoms with Gasteiger partial charge in [-0.05, 0) is 35.6 Å². The van der Waals surface area contributed by atoms with E-state index in [0.717, 1.165) is 0 Å². The quantitative estimate of drug-likeness (QED) is 0.300. The van der Waals surface area contributed by atoms with Crippen LogP contribution in [-0.2, 0) is 19.1 Å². The molecule has 0 aliphatic carbocycles. The highest BCUT2D eigenvalue weighted by molar-refractivity contribution is 7.79. The summed E-state index contributed by atoms with van der Waals surface area (Å²) in [4.78, 5) is 56.5. The van der Waals surface area contributed by atoms with Crippen LogP contribution in [0.3, 0.4) is 0 Å². The van der Waals surface area contributed by atoms with E-state index in [4.69, 9.17) is 17.0 Å². The van der Waals surface area contributed by atoms with E-state index in [2.05, 4.69) is 20.9 Å². The summed E-state index contributed by atoms with van der Waals surface area (Å²) in [5.41, 5.74) is -0.336. The number of rotatable bonds is 5. The molecule has 11 heteroatoms. The molecular weight excluding hydrogens is 500 g/mol. The van der Waals surface area contributed by atoms with E-state index in [-0.39, 0.29) is 23.9 Å². The van der Waals surface area contributed by atoms with Crippen LogP contribution in [0.15, 0.2) is 17.5 Å². The van der Waals surface area contributed by atoms with Crippen molar-refractivity contribution in [3.05, 3.63) is 28.2 Å². The highest BCUT2D eigenvalue weighted by Gasteiger charge is 2.35. The molecule has 0 spiro atoms. The summed E-state index contributed by atoms with van der Waals surface area (Å²) in [6, 6.07) is -2.18. The molecule has 3 amide bonds. The Bertz CT molecular complexity index is 999. The number of carbonyl (C=O) groups excluding carboxylic acids is 4. The number of hydrogen-bond acceptors (Lipinski definition) is 8. The van der Waals surface area contributed by atoms with Crippen LogP contribution in [0.1, 0.15) is 82.3 Å². The fourth-order valence-electron chi connectivity index (χ4n) is 3.61. The van der Waals surface area contributed by atoms with Crippen molar-refractivity contribution in [1.82, 2.24) is 20.9 Å². The first kappa shape index (κ1) is 29.6. The molecule has 0 fully saturated rings. The van der Waals surface area contributed by atoms with Crippen LogP contribution < -0.4 is 16.0 Å². The van der Waals surface area contributed by atoms with Crippen molar-refractivity contribution in [2.75, 3.05) is 0 Å². The van der Waals surface area contributed by atoms with Gasteiger partial charge < -0.3 is 20.7 Å². The minimum absolute atomic E-state index is 0.0966. The number of cyclic esters (lactones) is 1. The average molecular weight is 537 g/mol. The number of thiocarbonyl (C=S) groups is 1. The molecule has 0 aromatic carbocycles. The molecule has 1 aromatic heterocycles. The van der Waals surface area contributed by atoms with Gasteiger partial charge in [0.05, 0.1) is 12.5 Å². The van der Waals surface area contributed by atoms with Crippen LogP contribution in [0.4, 0.5) is 0 Å². The van der Waals surface area contributed by atoms with Crippen molar-refractivity contribution in [3.63, 3.8) is 0 Å². The summed E-state index contributed by atoms with van der Waals surface area (Å²) in [5, 5.41) is 12.1. The van der Waals surface area contributed by atoms with E-state index in [0.29, 0.717) is 17.8 Å². The van der Waals surface area contributed by atoms with E-state index < -0.39 is 47.4 Å². The number of esters is 1. The average Bonchev–Trinajstić information content (AvgIpc) is 3.27. The van der Waals surface area contributed by atoms with Crippen molar-refractivity contribution in [2.24, 2.45) is 11.3 Å². The molecule has 0 radical (unpaired) electrons. The maximum absolute atomic E-state index is 13.3. The van der Waals surface area contributed by atoms with Crippen molar-refractivity contribution in [2.45, 2.75) is 85.0 Å². The van der Waals surface area contributed by atoms with E-state index in [1.807, 2.05) is 34.6 Å². The van der Waals surface area contributed by atoms with E-state index in [1.165, 1.54) is 16.7 Å². The molecule has 2 rings (SSSR count). The molecule has 198 valence electrons. The van der Waals surface area contributed by atoms with Crippen molar-refractivity contribution < 1.29 is 23.9 Å². The maximum Gasteiger partial charge on any atom is 0.358 e. The fourth-order valence-corrected chi connectivity index (χ4v) is 4.80. The Labute approximate surface area is 221 Å². The van der Waals surface area contributed by atoms with Crippen LogP contribution in [0, 0.1) is 11.3 Å². The lowest BCUT2D eigenvalue weighted by Gasteiger charge is -2.32. The first-order chi connectivity index (χ1) is 16.9. The second-order valence-electron chi connectivity index (χ2n) is 10.1. The second kappa shape index (κ2) is 13.0. The van der Waals surface area contributed by atoms with Crippen LogP contribution in [0.2, 0.25) is 0 Å². The predicted molar refractivity (Wildman–Crippen MR) is 143 cm³/mol. The summed E-state index contributed by atoms with van der Waals surface area (Å²) in [6.45, 7) is 11.3. The highest BCUT2D eigenvalue weighted by Crippen LogP contribution is 2.35. The van der Waals surface area contributed by atoms with E-state index in [1.54, 1.807) is 24.5 Å². The molecule has 2 bridgehead atoms. The van der Waals surface area contributed by atoms with Crippen LogP contribution in [0.5, 0.6) is 0 Å². The van der Waals surface area contributed by atoms with Gasteiger partial charge in [-0.25, -0.2) is 9.78 Å². The molecule has 1 aliphatic rings. The third-order valence-electron chi connectivity index (χ3n) is 5.67. The van der Waals surface area contributed by atoms with Crippen molar-refractivity contribution in [3.8, 4) is 0 Å². The molecule has 3 N–H and O–H groups in total. The SMILES string of the molecule is CC[C@@H]1NC(=O)CC(/C=C\CC=S)OC(=O)c2csc(n2)C(C(C)(C)C)NC(=O)[C@H](C(C)C)NC1=O. The summed E-state index contributed by atoms with van der Waals surface area (Å²) in [7, 11) is 0. The van der Waals surface area contributed by atoms with Gasteiger partial charge in [0.25, 0.3) is 0 Å². The summed E-state index contributed by atoms with van der Waals surface area (Å²) in [6.07, 6.45) is 3.05. The fraction of sp³-hybridized carbons (Fsp3) is 0.600. The van der Waals surface area contributed by atoms with Crippen molar-refractivity contribution >= 4 is 52.6 Å². The first-order valence-electron chi connectivity index (χ1n) is 12.0. The van der Waals surface area contributed by atoms with Gasteiger partial charge in [-0.3, -0.25) is 14.4 Å². The molecule has 2 heterocycles. The van der Waals surface area contributed by atoms with E-state index in [9.17, 15) is 19.2 Å². The monoisotopic (exact) mass is 536 g/mol. The number of nitrogens with zero attached hydrogens (tertiary/aromatic N) is 1. The largest absolute Gasteiger partial charge is 0.453 e. The lowest BCUT2D eigenvalue weighted by Crippen LogP contribution is -2.56. The molecule has 36 heavy (non-hydrogen) atoms. The normalized spacial score (nSPS) is 24.8. The number of fused-ring (bicyclic) bond motifs is 2. The molecule has 0 saturated heterocycles. The smallest absolute Gasteiger partial charge is 0.358 e. The molecule has 2 unspecified atom stereocenters. The Morgan fingerprint density at radius 3 is 2.44 bits per heavy atom. The minimum Gasteiger partial charge on any atom is -0.453 e. The van der Waals surface area contributed by atoms with Crippen LogP contribution in [-0.4, -0.2) is 52.2 Å². The lowest BCUT2D eigenvalue weighted by molar-refractivity contribution is -0.133. The summed E-state index contributed by atoms with van der Waals surface area (Å²) < 4.78 is 5.57. The number of allylic oxidation sites excluding steroid dienone is 1. The number of amides is 3. The summed E-state index contributed by atoms with van der Waals surface area (Å²) in [5.74, 6) is -2.18. The minimum atomic E-state index is -0.868. The molecular formula is C25H36N4O5S2. The standard InChI is InChI=1S/C25H36N4O5S2/c1-7-16-21(31)28-19(14(2)3)22(32)29-20(25(4,5)6)23-27-17(13-36-23)24(33)34-15(10-8-9-11-35)12-18(30)26-16/h8,10-11,13-16,19-20H,7,9,12H2,1-6H3,(H,26,30)(H,28,31)(H,29,32)/b10-8-/t15?,16-,19-,20?/m0/s1. The Balaban J connectivity index is 2.51. The topological polar surface area (TPSA) is 126 Å². The number of nitrogens with one attached hydrogen (secondary N) is 3. The zero-order valence-electron chi connectivity index (χ0n) is 21.6. The van der Waals surface area contributed by atoms with E-state index >= 15 is 0 Å². The third-order valence-corrected chi connectivity index (χ3v) is 6.77. The number of ether oxygens (including phenoxy) is 1. The molecule has 1 aromatic rings. The Morgan fingerprint density at radius 2 is 1.86 bits per heavy atom. The Hall–Kier alpha value is -2.66.